The van der Waals surface area contributed by atoms with Crippen LogP contribution in [0.15, 0.2) is 90.8 Å². The molecule has 9 nitrogen and oxygen atoms in total. The first kappa shape index (κ1) is 31.6. The second-order valence-corrected chi connectivity index (χ2v) is 11.8. The molecule has 2 atom stereocenters. The Morgan fingerprint density at radius 1 is 1.04 bits per heavy atom. The van der Waals surface area contributed by atoms with E-state index in [-0.39, 0.29) is 24.3 Å². The predicted molar refractivity (Wildman–Crippen MR) is 158 cm³/mol. The highest BCUT2D eigenvalue weighted by atomic mass is 32.2. The first-order valence-corrected chi connectivity index (χ1v) is 15.2. The molecule has 45 heavy (non-hydrogen) atoms. The quantitative estimate of drug-likeness (QED) is 0.253. The van der Waals surface area contributed by atoms with Crippen LogP contribution >= 0.6 is 0 Å². The van der Waals surface area contributed by atoms with Crippen LogP contribution in [0.3, 0.4) is 0 Å². The molecule has 0 fully saturated rings. The first-order chi connectivity index (χ1) is 21.3. The number of aromatic nitrogens is 2. The van der Waals surface area contributed by atoms with E-state index in [2.05, 4.69) is 21.7 Å². The number of nitrogens with one attached hydrogen (secondary N) is 2. The van der Waals surface area contributed by atoms with Crippen LogP contribution in [0.5, 0.6) is 0 Å². The lowest BCUT2D eigenvalue weighted by Crippen LogP contribution is -2.55. The van der Waals surface area contributed by atoms with E-state index in [1.165, 1.54) is 39.9 Å². The van der Waals surface area contributed by atoms with Crippen LogP contribution in [0.1, 0.15) is 45.6 Å². The lowest BCUT2D eigenvalue weighted by molar-refractivity contribution is -0.137. The van der Waals surface area contributed by atoms with Crippen molar-refractivity contribution in [1.29, 1.82) is 0 Å². The van der Waals surface area contributed by atoms with Gasteiger partial charge in [-0.05, 0) is 55.0 Å². The third-order valence-electron chi connectivity index (χ3n) is 7.35. The van der Waals surface area contributed by atoms with Gasteiger partial charge in [-0.25, -0.2) is 22.2 Å². The molecular weight excluding hydrogens is 614 g/mol. The minimum Gasteiger partial charge on any atom is -0.339 e. The Balaban J connectivity index is 1.71. The fraction of sp³-hybridized carbons (Fsp3) is 0.194. The van der Waals surface area contributed by atoms with Gasteiger partial charge in [0.1, 0.15) is 17.7 Å². The molecule has 2 N–H and O–H groups in total. The normalized spacial score (nSPS) is 16.7. The molecule has 234 valence electrons. The van der Waals surface area contributed by atoms with Gasteiger partial charge in [0.25, 0.3) is 11.8 Å². The number of carbonyl (C=O) groups excluding carboxylic acids is 2. The number of rotatable bonds is 9. The molecule has 1 aliphatic heterocycles. The fourth-order valence-electron chi connectivity index (χ4n) is 5.27. The Morgan fingerprint density at radius 2 is 1.73 bits per heavy atom. The number of para-hydroxylation sites is 1. The second-order valence-electron chi connectivity index (χ2n) is 10.1. The molecule has 0 spiro atoms. The van der Waals surface area contributed by atoms with Crippen LogP contribution in [-0.4, -0.2) is 42.6 Å². The van der Waals surface area contributed by atoms with E-state index in [9.17, 15) is 35.6 Å². The summed E-state index contributed by atoms with van der Waals surface area (Å²) in [4.78, 5) is 29.0. The summed E-state index contributed by atoms with van der Waals surface area (Å²) in [5.74, 6) is -2.88. The van der Waals surface area contributed by atoms with E-state index >= 15 is 0 Å². The number of fused-ring (bicyclic) bond motifs is 1. The van der Waals surface area contributed by atoms with Crippen molar-refractivity contribution in [1.82, 2.24) is 19.8 Å². The molecule has 0 unspecified atom stereocenters. The van der Waals surface area contributed by atoms with E-state index in [1.807, 2.05) is 0 Å². The smallest absolute Gasteiger partial charge is 0.339 e. The molecule has 0 saturated carbocycles. The van der Waals surface area contributed by atoms with Crippen molar-refractivity contribution in [3.8, 4) is 5.69 Å². The molecule has 3 aromatic carbocycles. The molecule has 5 rings (SSSR count). The number of benzene rings is 3. The van der Waals surface area contributed by atoms with Crippen LogP contribution in [0, 0.1) is 5.82 Å². The Hall–Kier alpha value is -4.82. The number of likely N-dealkylation sites (N-methyl/N-ethyl adjacent to an activating group) is 1. The van der Waals surface area contributed by atoms with Gasteiger partial charge < -0.3 is 5.32 Å². The van der Waals surface area contributed by atoms with Gasteiger partial charge >= 0.3 is 6.18 Å². The summed E-state index contributed by atoms with van der Waals surface area (Å²) in [7, 11) is -3.93. The number of alkyl halides is 3. The second kappa shape index (κ2) is 12.3. The molecule has 0 aliphatic carbocycles. The molecule has 1 aliphatic rings. The Labute approximate surface area is 256 Å². The van der Waals surface area contributed by atoms with Crippen molar-refractivity contribution in [3.63, 3.8) is 0 Å². The van der Waals surface area contributed by atoms with Crippen LogP contribution in [0.25, 0.3) is 5.69 Å². The van der Waals surface area contributed by atoms with E-state index in [0.717, 1.165) is 17.5 Å². The van der Waals surface area contributed by atoms with Gasteiger partial charge in [-0.2, -0.15) is 18.3 Å². The maximum Gasteiger partial charge on any atom is 0.416 e. The van der Waals surface area contributed by atoms with Gasteiger partial charge in [0.15, 0.2) is 0 Å². The van der Waals surface area contributed by atoms with E-state index in [4.69, 9.17) is 0 Å². The van der Waals surface area contributed by atoms with Crippen LogP contribution in [-0.2, 0) is 27.5 Å². The predicted octanol–water partition coefficient (Wildman–Crippen LogP) is 4.89. The maximum absolute atomic E-state index is 14.2. The summed E-state index contributed by atoms with van der Waals surface area (Å²) < 4.78 is 82.8. The molecular formula is C31H27F4N5O4S. The Morgan fingerprint density at radius 3 is 2.36 bits per heavy atom. The van der Waals surface area contributed by atoms with Crippen molar-refractivity contribution in [2.24, 2.45) is 0 Å². The summed E-state index contributed by atoms with van der Waals surface area (Å²) in [6.07, 6.45) is -4.71. The van der Waals surface area contributed by atoms with Crippen LogP contribution in [0.4, 0.5) is 23.4 Å². The third-order valence-corrected chi connectivity index (χ3v) is 8.34. The molecule has 2 heterocycles. The zero-order valence-corrected chi connectivity index (χ0v) is 24.6. The third kappa shape index (κ3) is 6.37. The average molecular weight is 642 g/mol. The highest BCUT2D eigenvalue weighted by Crippen LogP contribution is 2.44. The van der Waals surface area contributed by atoms with Gasteiger partial charge in [0.05, 0.1) is 23.5 Å². The van der Waals surface area contributed by atoms with Crippen molar-refractivity contribution in [2.45, 2.75) is 31.6 Å². The van der Waals surface area contributed by atoms with E-state index in [0.29, 0.717) is 28.7 Å². The number of amides is 2. The summed E-state index contributed by atoms with van der Waals surface area (Å²) >= 11 is 0. The zero-order valence-electron chi connectivity index (χ0n) is 23.8. The number of hydrogen-bond acceptors (Lipinski definition) is 5. The van der Waals surface area contributed by atoms with Gasteiger partial charge in [0, 0.05) is 29.0 Å². The molecule has 2 amide bonds. The number of hydrogen-bond donors (Lipinski definition) is 2. The maximum atomic E-state index is 14.2. The van der Waals surface area contributed by atoms with Gasteiger partial charge in [-0.1, -0.05) is 43.0 Å². The van der Waals surface area contributed by atoms with Crippen molar-refractivity contribution in [2.75, 3.05) is 11.4 Å². The largest absolute Gasteiger partial charge is 0.416 e. The average Bonchev–Trinajstić information content (AvgIpc) is 3.40. The summed E-state index contributed by atoms with van der Waals surface area (Å²) in [5, 5.41) is 8.02. The van der Waals surface area contributed by atoms with E-state index < -0.39 is 51.4 Å². The van der Waals surface area contributed by atoms with Gasteiger partial charge in [-0.15, -0.1) is 0 Å². The molecule has 0 bridgehead atoms. The fourth-order valence-corrected chi connectivity index (χ4v) is 5.73. The Bertz CT molecular complexity index is 1860. The topological polar surface area (TPSA) is 113 Å². The SMILES string of the molecule is C=CS(=O)(=O)NCc1nn(-c2ccccc2)c2c1[C@@H](c1ccc(F)cc1)[C@@H](NC(=O)c1cccc(C(F)(F)F)c1)C(=O)N2CC. The minimum absolute atomic E-state index is 0.0915. The standard InChI is InChI=1S/C31H27F4N5O4S/c1-3-39-29-26(24(18-36-45(43,44)4-2)38-40(29)23-11-6-5-7-12-23)25(19-13-15-22(32)16-14-19)27(30(39)42)37-28(41)20-9-8-10-21(17-20)31(33,34)35/h4-17,25,27,36H,2-3,18H2,1H3,(H,37,41)/t25-,27-/m1/s1. The van der Waals surface area contributed by atoms with Crippen LogP contribution < -0.4 is 14.9 Å². The highest BCUT2D eigenvalue weighted by molar-refractivity contribution is 7.92. The summed E-state index contributed by atoms with van der Waals surface area (Å²) in [5.41, 5.74) is 0.0893. The highest BCUT2D eigenvalue weighted by Gasteiger charge is 2.46. The number of nitrogens with zero attached hydrogens (tertiary/aromatic N) is 3. The molecule has 4 aromatic rings. The monoisotopic (exact) mass is 641 g/mol. The first-order valence-electron chi connectivity index (χ1n) is 13.7. The number of anilines is 1. The number of carbonyl (C=O) groups is 2. The number of halogens is 4. The number of sulfonamides is 1. The van der Waals surface area contributed by atoms with Gasteiger partial charge in [0.2, 0.25) is 10.0 Å². The Kier molecular flexibility index (Phi) is 8.63. The molecule has 1 aromatic heterocycles. The van der Waals surface area contributed by atoms with Crippen molar-refractivity contribution < 1.29 is 35.6 Å². The van der Waals surface area contributed by atoms with Crippen molar-refractivity contribution in [3.05, 3.63) is 125 Å². The van der Waals surface area contributed by atoms with E-state index in [1.54, 1.807) is 37.3 Å². The molecule has 0 saturated heterocycles. The summed E-state index contributed by atoms with van der Waals surface area (Å²) in [6.45, 7) is 4.74. The molecule has 0 radical (unpaired) electrons. The summed E-state index contributed by atoms with van der Waals surface area (Å²) in [6, 6.07) is 16.3. The zero-order chi connectivity index (χ0) is 32.5. The lowest BCUT2D eigenvalue weighted by atomic mass is 9.80. The molecule has 14 heteroatoms. The van der Waals surface area contributed by atoms with Crippen LogP contribution in [0.2, 0.25) is 0 Å². The van der Waals surface area contributed by atoms with Gasteiger partial charge in [-0.3, -0.25) is 14.5 Å². The minimum atomic E-state index is -4.71. The lowest BCUT2D eigenvalue weighted by Gasteiger charge is -2.38. The van der Waals surface area contributed by atoms with Crippen molar-refractivity contribution >= 4 is 27.7 Å².